The molecule has 0 fully saturated rings. The van der Waals surface area contributed by atoms with Crippen LogP contribution in [0.3, 0.4) is 0 Å². The number of aliphatic hydroxyl groups is 1. The van der Waals surface area contributed by atoms with Gasteiger partial charge in [0, 0.05) is 0 Å². The van der Waals surface area contributed by atoms with Crippen molar-refractivity contribution in [1.82, 2.24) is 0 Å². The van der Waals surface area contributed by atoms with Crippen molar-refractivity contribution < 1.29 is 29.6 Å². The Balaban J connectivity index is 5.47. The van der Waals surface area contributed by atoms with Crippen molar-refractivity contribution in [2.75, 3.05) is 6.61 Å². The highest BCUT2D eigenvalue weighted by Crippen LogP contribution is 2.32. The fourth-order valence-electron chi connectivity index (χ4n) is 3.25. The minimum Gasteiger partial charge on any atom is -0.479 e. The SMILES string of the molecule is CCCCC(CC)COC(CC(CC)CCCC)(C(=O)O)C(O)C(=O)O. The molecule has 0 aromatic rings. The van der Waals surface area contributed by atoms with E-state index in [4.69, 9.17) is 4.74 Å². The summed E-state index contributed by atoms with van der Waals surface area (Å²) in [7, 11) is 0. The van der Waals surface area contributed by atoms with E-state index in [1.54, 1.807) is 0 Å². The number of hydrogen-bond acceptors (Lipinski definition) is 4. The third kappa shape index (κ3) is 7.62. The number of carbonyl (C=O) groups is 2. The first kappa shape index (κ1) is 24.9. The zero-order chi connectivity index (χ0) is 20.2. The lowest BCUT2D eigenvalue weighted by atomic mass is 9.82. The molecule has 154 valence electrons. The van der Waals surface area contributed by atoms with Crippen LogP contribution in [-0.2, 0) is 14.3 Å². The highest BCUT2D eigenvalue weighted by atomic mass is 16.5. The topological polar surface area (TPSA) is 104 Å². The third-order valence-electron chi connectivity index (χ3n) is 5.29. The van der Waals surface area contributed by atoms with E-state index in [0.717, 1.165) is 51.4 Å². The minimum absolute atomic E-state index is 0.00392. The smallest absolute Gasteiger partial charge is 0.339 e. The Morgan fingerprint density at radius 2 is 1.42 bits per heavy atom. The van der Waals surface area contributed by atoms with Crippen molar-refractivity contribution in [3.8, 4) is 0 Å². The molecular weight excluding hydrogens is 336 g/mol. The Bertz CT molecular complexity index is 411. The van der Waals surface area contributed by atoms with Crippen LogP contribution in [0, 0.1) is 11.8 Å². The van der Waals surface area contributed by atoms with Gasteiger partial charge in [0.2, 0.25) is 5.60 Å². The largest absolute Gasteiger partial charge is 0.479 e. The second kappa shape index (κ2) is 13.1. The molecule has 26 heavy (non-hydrogen) atoms. The molecule has 0 spiro atoms. The van der Waals surface area contributed by atoms with E-state index >= 15 is 0 Å². The van der Waals surface area contributed by atoms with Crippen LogP contribution in [0.1, 0.15) is 85.5 Å². The summed E-state index contributed by atoms with van der Waals surface area (Å²) in [4.78, 5) is 23.5. The summed E-state index contributed by atoms with van der Waals surface area (Å²) in [6.07, 6.45) is 5.13. The van der Waals surface area contributed by atoms with Gasteiger partial charge in [-0.25, -0.2) is 9.59 Å². The van der Waals surface area contributed by atoms with Gasteiger partial charge >= 0.3 is 11.9 Å². The van der Waals surface area contributed by atoms with Gasteiger partial charge in [-0.1, -0.05) is 72.6 Å². The molecule has 6 nitrogen and oxygen atoms in total. The highest BCUT2D eigenvalue weighted by molar-refractivity contribution is 5.87. The summed E-state index contributed by atoms with van der Waals surface area (Å²) in [5.41, 5.74) is -2.10. The normalized spacial score (nSPS) is 17.3. The second-order valence-electron chi connectivity index (χ2n) is 7.28. The number of unbranched alkanes of at least 4 members (excludes halogenated alkanes) is 2. The van der Waals surface area contributed by atoms with Gasteiger partial charge in [-0.2, -0.15) is 0 Å². The number of carboxylic acids is 2. The fraction of sp³-hybridized carbons (Fsp3) is 0.900. The van der Waals surface area contributed by atoms with Gasteiger partial charge < -0.3 is 20.1 Å². The molecule has 0 amide bonds. The molecule has 6 heteroatoms. The molecule has 0 saturated heterocycles. The van der Waals surface area contributed by atoms with Gasteiger partial charge in [0.05, 0.1) is 6.61 Å². The summed E-state index contributed by atoms with van der Waals surface area (Å²) in [5, 5.41) is 29.4. The van der Waals surface area contributed by atoms with E-state index in [-0.39, 0.29) is 24.9 Å². The van der Waals surface area contributed by atoms with Crippen LogP contribution in [-0.4, -0.2) is 45.6 Å². The van der Waals surface area contributed by atoms with E-state index in [9.17, 15) is 24.9 Å². The Hall–Kier alpha value is -1.14. The van der Waals surface area contributed by atoms with E-state index < -0.39 is 23.6 Å². The molecule has 4 unspecified atom stereocenters. The van der Waals surface area contributed by atoms with Gasteiger partial charge in [0.25, 0.3) is 0 Å². The summed E-state index contributed by atoms with van der Waals surface area (Å²) in [6.45, 7) is 8.26. The molecule has 0 aliphatic rings. The van der Waals surface area contributed by atoms with Crippen LogP contribution in [0.4, 0.5) is 0 Å². The van der Waals surface area contributed by atoms with Crippen molar-refractivity contribution in [3.63, 3.8) is 0 Å². The van der Waals surface area contributed by atoms with Crippen LogP contribution in [0.2, 0.25) is 0 Å². The van der Waals surface area contributed by atoms with E-state index in [1.165, 1.54) is 0 Å². The molecule has 0 saturated carbocycles. The Morgan fingerprint density at radius 3 is 1.81 bits per heavy atom. The molecule has 4 atom stereocenters. The van der Waals surface area contributed by atoms with Crippen LogP contribution in [0.5, 0.6) is 0 Å². The third-order valence-corrected chi connectivity index (χ3v) is 5.29. The van der Waals surface area contributed by atoms with Crippen molar-refractivity contribution in [3.05, 3.63) is 0 Å². The van der Waals surface area contributed by atoms with Gasteiger partial charge in [0.1, 0.15) is 0 Å². The Kier molecular flexibility index (Phi) is 12.5. The number of hydrogen-bond donors (Lipinski definition) is 3. The molecule has 0 aromatic heterocycles. The summed E-state index contributed by atoms with van der Waals surface area (Å²) in [6, 6.07) is 0. The Labute approximate surface area is 157 Å². The van der Waals surface area contributed by atoms with Gasteiger partial charge in [0.15, 0.2) is 6.10 Å². The number of carboxylic acid groups (broad SMARTS) is 2. The molecule has 0 rings (SSSR count). The zero-order valence-corrected chi connectivity index (χ0v) is 16.9. The lowest BCUT2D eigenvalue weighted by molar-refractivity contribution is -0.199. The van der Waals surface area contributed by atoms with Crippen LogP contribution in [0.25, 0.3) is 0 Å². The van der Waals surface area contributed by atoms with Crippen molar-refractivity contribution in [2.45, 2.75) is 97.2 Å². The maximum Gasteiger partial charge on any atom is 0.339 e. The predicted octanol–water partition coefficient (Wildman–Crippen LogP) is 4.09. The minimum atomic E-state index is -2.10. The van der Waals surface area contributed by atoms with Crippen LogP contribution < -0.4 is 0 Å². The average Bonchev–Trinajstić information content (AvgIpc) is 2.62. The van der Waals surface area contributed by atoms with E-state index in [1.807, 2.05) is 13.8 Å². The molecule has 0 aromatic carbocycles. The molecular formula is C20H38O6. The van der Waals surface area contributed by atoms with Crippen molar-refractivity contribution in [2.24, 2.45) is 11.8 Å². The van der Waals surface area contributed by atoms with E-state index in [2.05, 4.69) is 13.8 Å². The van der Waals surface area contributed by atoms with Crippen LogP contribution >= 0.6 is 0 Å². The first-order valence-electron chi connectivity index (χ1n) is 10.1. The quantitative estimate of drug-likeness (QED) is 0.376. The fourth-order valence-corrected chi connectivity index (χ4v) is 3.25. The summed E-state index contributed by atoms with van der Waals surface area (Å²) >= 11 is 0. The number of ether oxygens (including phenoxy) is 1. The van der Waals surface area contributed by atoms with Crippen molar-refractivity contribution >= 4 is 11.9 Å². The number of rotatable bonds is 16. The van der Waals surface area contributed by atoms with Crippen molar-refractivity contribution in [1.29, 1.82) is 0 Å². The van der Waals surface area contributed by atoms with Gasteiger partial charge in [-0.3, -0.25) is 0 Å². The lowest BCUT2D eigenvalue weighted by Crippen LogP contribution is -2.56. The first-order valence-corrected chi connectivity index (χ1v) is 10.1. The molecule has 0 radical (unpaired) electrons. The number of aliphatic hydroxyl groups excluding tert-OH is 1. The standard InChI is InChI=1S/C20H38O6/c1-5-9-11-15(7-3)13-20(19(24)25,17(21)18(22)23)26-14-16(8-4)12-10-6-2/h15-17,21H,5-14H2,1-4H3,(H,22,23)(H,24,25). The molecule has 0 heterocycles. The van der Waals surface area contributed by atoms with Crippen LogP contribution in [0.15, 0.2) is 0 Å². The lowest BCUT2D eigenvalue weighted by Gasteiger charge is -2.36. The number of aliphatic carboxylic acids is 2. The summed E-state index contributed by atoms with van der Waals surface area (Å²) < 4.78 is 5.75. The highest BCUT2D eigenvalue weighted by Gasteiger charge is 2.51. The van der Waals surface area contributed by atoms with Gasteiger partial charge in [-0.15, -0.1) is 0 Å². The molecule has 0 bridgehead atoms. The van der Waals surface area contributed by atoms with E-state index in [0.29, 0.717) is 0 Å². The average molecular weight is 375 g/mol. The molecule has 0 aliphatic carbocycles. The predicted molar refractivity (Wildman–Crippen MR) is 101 cm³/mol. The monoisotopic (exact) mass is 374 g/mol. The first-order chi connectivity index (χ1) is 12.3. The maximum absolute atomic E-state index is 12.1. The maximum atomic E-state index is 12.1. The molecule has 3 N–H and O–H groups in total. The second-order valence-corrected chi connectivity index (χ2v) is 7.28. The Morgan fingerprint density at radius 1 is 0.923 bits per heavy atom. The zero-order valence-electron chi connectivity index (χ0n) is 16.9. The molecule has 0 aliphatic heterocycles. The summed E-state index contributed by atoms with van der Waals surface area (Å²) in [5.74, 6) is -2.80. The van der Waals surface area contributed by atoms with Gasteiger partial charge in [-0.05, 0) is 24.7 Å².